The maximum Gasteiger partial charge on any atom is 0.411 e. The highest BCUT2D eigenvalue weighted by Crippen LogP contribution is 2.48. The number of halogens is 1. The van der Waals surface area contributed by atoms with Gasteiger partial charge in [-0.15, -0.1) is 32.1 Å². The molecular formula is C90H114ClN9O28. The van der Waals surface area contributed by atoms with E-state index in [4.69, 9.17) is 76.8 Å². The Morgan fingerprint density at radius 1 is 0.469 bits per heavy atom. The van der Waals surface area contributed by atoms with Gasteiger partial charge in [0.15, 0.2) is 28.6 Å². The lowest BCUT2D eigenvalue weighted by atomic mass is 10.1. The van der Waals surface area contributed by atoms with Crippen LogP contribution in [0.5, 0.6) is 34.5 Å². The van der Waals surface area contributed by atoms with Gasteiger partial charge in [0, 0.05) is 104 Å². The number of nitrogens with zero attached hydrogens (tertiary/aromatic N) is 6. The summed E-state index contributed by atoms with van der Waals surface area (Å²) in [6.45, 7) is 28.5. The zero-order valence-electron chi connectivity index (χ0n) is 75.1. The van der Waals surface area contributed by atoms with E-state index in [0.29, 0.717) is 93.1 Å². The van der Waals surface area contributed by atoms with Crippen LogP contribution in [0.3, 0.4) is 0 Å². The van der Waals surface area contributed by atoms with Gasteiger partial charge in [0.1, 0.15) is 118 Å². The normalized spacial score (nSPS) is 22.8. The zero-order chi connectivity index (χ0) is 93.8. The first-order valence-corrected chi connectivity index (χ1v) is 40.8. The average molecular weight is 1810 g/mol. The number of ether oxygens (including phenoxy) is 15. The summed E-state index contributed by atoms with van der Waals surface area (Å²) in [6, 6.07) is 16.7. The maximum absolute atomic E-state index is 13.7. The number of amides is 5. The van der Waals surface area contributed by atoms with E-state index in [1.807, 2.05) is 0 Å². The number of ketones is 2. The molecule has 3 aromatic heterocycles. The van der Waals surface area contributed by atoms with Crippen molar-refractivity contribution in [1.29, 1.82) is 0 Å². The van der Waals surface area contributed by atoms with Crippen LogP contribution < -0.4 is 44.8 Å². The third-order valence-electron chi connectivity index (χ3n) is 21.4. The highest BCUT2D eigenvalue weighted by atomic mass is 35.5. The summed E-state index contributed by atoms with van der Waals surface area (Å²) in [5.74, 6) is -2.80. The number of Topliss-reactive ketones (excluding diaryl/α,β-unsaturated/α-hetero) is 2. The highest BCUT2D eigenvalue weighted by Gasteiger charge is 2.62. The number of carboxylic acids is 1. The third kappa shape index (κ3) is 24.2. The Bertz CT molecular complexity index is 4990. The van der Waals surface area contributed by atoms with Gasteiger partial charge in [0.2, 0.25) is 11.8 Å². The van der Waals surface area contributed by atoms with Gasteiger partial charge in [0.25, 0.3) is 0 Å². The monoisotopic (exact) mass is 1800 g/mol. The van der Waals surface area contributed by atoms with E-state index in [1.54, 1.807) is 142 Å². The minimum atomic E-state index is -1.15. The number of nitrogens with one attached hydrogen (secondary N) is 2. The van der Waals surface area contributed by atoms with E-state index in [1.165, 1.54) is 84.9 Å². The fourth-order valence-corrected chi connectivity index (χ4v) is 14.8. The number of benzene rings is 3. The quantitative estimate of drug-likeness (QED) is 0.0201. The van der Waals surface area contributed by atoms with E-state index in [-0.39, 0.29) is 117 Å². The molecule has 3 saturated carbocycles. The van der Waals surface area contributed by atoms with Crippen LogP contribution in [0, 0.1) is 17.8 Å². The molecule has 3 aliphatic heterocycles. The molecule has 3 saturated heterocycles. The lowest BCUT2D eigenvalue weighted by molar-refractivity contribution is -0.146. The maximum atomic E-state index is 13.7. The molecule has 37 nitrogen and oxygen atoms in total. The first kappa shape index (κ1) is 101. The second-order valence-corrected chi connectivity index (χ2v) is 33.9. The molecule has 6 heterocycles. The predicted octanol–water partition coefficient (Wildman–Crippen LogP) is 9.87. The molecule has 2 unspecified atom stereocenters. The fraction of sp³-hybridized carbons (Fsp3) is 0.500. The van der Waals surface area contributed by atoms with Crippen LogP contribution in [0.2, 0.25) is 0 Å². The molecule has 694 valence electrons. The minimum absolute atomic E-state index is 0. The van der Waals surface area contributed by atoms with Gasteiger partial charge in [-0.3, -0.25) is 38.7 Å². The zero-order valence-corrected chi connectivity index (χ0v) is 75.9. The molecule has 5 amide bonds. The van der Waals surface area contributed by atoms with Crippen molar-refractivity contribution in [2.24, 2.45) is 23.5 Å². The molecule has 12 rings (SSSR count). The van der Waals surface area contributed by atoms with Gasteiger partial charge in [0.05, 0.1) is 85.5 Å². The molecular weight excluding hydrogens is 1690 g/mol. The number of hydrogen-bond acceptors (Lipinski definition) is 31. The number of likely N-dealkylation sites (tertiary alicyclic amines) is 3. The summed E-state index contributed by atoms with van der Waals surface area (Å²) >= 11 is 0. The minimum Gasteiger partial charge on any atom is -0.497 e. The second kappa shape index (κ2) is 42.0. The Hall–Kier alpha value is -12.5. The number of pyridine rings is 3. The summed E-state index contributed by atoms with van der Waals surface area (Å²) in [5, 5.41) is 17.1. The van der Waals surface area contributed by atoms with Gasteiger partial charge in [-0.25, -0.2) is 48.5 Å². The summed E-state index contributed by atoms with van der Waals surface area (Å²) in [6.07, 6.45) is 2.62. The first-order chi connectivity index (χ1) is 59.9. The lowest BCUT2D eigenvalue weighted by Crippen LogP contribution is -2.54. The Kier molecular flexibility index (Phi) is 33.1. The van der Waals surface area contributed by atoms with Gasteiger partial charge < -0.3 is 92.5 Å². The van der Waals surface area contributed by atoms with Crippen molar-refractivity contribution in [3.05, 3.63) is 128 Å². The Morgan fingerprint density at radius 3 is 1.02 bits per heavy atom. The molecule has 5 N–H and O–H groups in total. The molecule has 6 aliphatic rings. The van der Waals surface area contributed by atoms with Gasteiger partial charge in [-0.2, -0.15) is 0 Å². The highest BCUT2D eigenvalue weighted by molar-refractivity contribution is 6.02. The van der Waals surface area contributed by atoms with E-state index in [0.717, 1.165) is 4.90 Å². The van der Waals surface area contributed by atoms with Crippen LogP contribution in [0.4, 0.5) is 14.4 Å². The molecule has 12 atom stereocenters. The molecule has 6 aromatic rings. The molecule has 3 aromatic carbocycles. The predicted molar refractivity (Wildman–Crippen MR) is 465 cm³/mol. The standard InChI is InChI=1S/2C30H37N3O9.C22H26N2O8.C8H13NO2.ClH/c2*1-8-17-14-30(17,25(34)16-38-5)32-26(35)23-12-19(15-33(23)28(37)42-29(2,3)4)41-24-13-22(27(36)40-7)31-21-11-18(39-6)9-10-20(21)24;1-22(2,3)32-21(28)24-11-13(9-17(24)19(25)26)31-18-10-16(20(27)30-5)23-15-8-12(29-4)6-7-14(15)18;1-3-6-5-8(6,9)7(10)11-4-2;/h2*8-11,13,17,19,23H,1,12,14-16H2,2-7H3,(H,32,35);6-8,10,13,17H,9,11H2,1-5H3,(H,25,26);3,6H,1,4-5,9H2,2H3;1H/t17-,19-,23+,30+;17-,19-,23+,30-;13-,17+;;/m111../s1. The number of carbonyl (C=O) groups excluding carboxylic acids is 11. The molecule has 6 fully saturated rings. The number of carbonyl (C=O) groups is 12. The Balaban J connectivity index is 0.000000224. The summed E-state index contributed by atoms with van der Waals surface area (Å²) in [5.41, 5.74) is 1.65. The topological polar surface area (TPSA) is 462 Å². The van der Waals surface area contributed by atoms with Crippen LogP contribution in [0.25, 0.3) is 32.7 Å². The number of rotatable bonds is 28. The third-order valence-corrected chi connectivity index (χ3v) is 21.4. The van der Waals surface area contributed by atoms with E-state index >= 15 is 0 Å². The Labute approximate surface area is 746 Å². The number of fused-ring (bicyclic) bond motifs is 3. The van der Waals surface area contributed by atoms with E-state index in [2.05, 4.69) is 45.3 Å². The van der Waals surface area contributed by atoms with Crippen LogP contribution in [0.1, 0.15) is 139 Å². The number of esters is 4. The fourth-order valence-electron chi connectivity index (χ4n) is 14.8. The van der Waals surface area contributed by atoms with Gasteiger partial charge in [-0.05, 0) is 125 Å². The molecule has 3 aliphatic carbocycles. The van der Waals surface area contributed by atoms with Gasteiger partial charge >= 0.3 is 48.1 Å². The lowest BCUT2D eigenvalue weighted by Gasteiger charge is -2.29. The van der Waals surface area contributed by atoms with Gasteiger partial charge in [-0.1, -0.05) is 18.2 Å². The van der Waals surface area contributed by atoms with Crippen molar-refractivity contribution < 1.29 is 134 Å². The van der Waals surface area contributed by atoms with Crippen molar-refractivity contribution in [1.82, 2.24) is 40.3 Å². The van der Waals surface area contributed by atoms with Crippen LogP contribution >= 0.6 is 12.4 Å². The van der Waals surface area contributed by atoms with E-state index < -0.39 is 124 Å². The summed E-state index contributed by atoms with van der Waals surface area (Å²) in [4.78, 5) is 169. The Morgan fingerprint density at radius 2 is 0.773 bits per heavy atom. The van der Waals surface area contributed by atoms with Crippen LogP contribution in [-0.4, -0.2) is 272 Å². The average Bonchev–Trinajstić information content (AvgIpc) is 1.58. The SMILES string of the molecule is C=CC1CC1(N)C(=O)OCC.C=C[C@@H]1C[C@@]1(NC(=O)[C@@H]1C[C@@H](Oc2cc(C(=O)OC)nc3cc(OC)ccc23)CN1C(=O)OC(C)(C)C)C(=O)COC.C=C[C@@H]1C[C@]1(NC(=O)[C@@H]1C[C@@H](Oc2cc(C(=O)OC)nc3cc(OC)ccc23)CN1C(=O)OC(C)(C)C)C(=O)COC.COC(=O)c1cc(O[C@@H]2C[C@@H](C(=O)O)N(C(=O)OC(C)(C)C)C2)c2ccc(OC)cc2n1.Cl. The summed E-state index contributed by atoms with van der Waals surface area (Å²) in [7, 11) is 11.1. The van der Waals surface area contributed by atoms with Crippen molar-refractivity contribution in [3.63, 3.8) is 0 Å². The van der Waals surface area contributed by atoms with Crippen LogP contribution in [-0.2, 0) is 71.4 Å². The smallest absolute Gasteiger partial charge is 0.411 e. The van der Waals surface area contributed by atoms with Crippen molar-refractivity contribution in [2.45, 2.75) is 178 Å². The van der Waals surface area contributed by atoms with Crippen molar-refractivity contribution in [3.8, 4) is 34.5 Å². The number of hydrogen-bond donors (Lipinski definition) is 4. The number of methoxy groups -OCH3 is 8. The first-order valence-electron chi connectivity index (χ1n) is 40.8. The van der Waals surface area contributed by atoms with Crippen LogP contribution in [0.15, 0.2) is 111 Å². The van der Waals surface area contributed by atoms with Crippen molar-refractivity contribution in [2.75, 3.05) is 96.3 Å². The largest absolute Gasteiger partial charge is 0.497 e. The second-order valence-electron chi connectivity index (χ2n) is 33.9. The number of nitrogens with two attached hydrogens (primary N) is 1. The van der Waals surface area contributed by atoms with E-state index in [9.17, 15) is 62.6 Å². The van der Waals surface area contributed by atoms with Crippen molar-refractivity contribution >= 4 is 117 Å². The molecule has 0 radical (unpaired) electrons. The summed E-state index contributed by atoms with van der Waals surface area (Å²) < 4.78 is 80.5. The number of aromatic nitrogens is 3. The number of aliphatic carboxylic acids is 1. The molecule has 0 bridgehead atoms. The number of carboxylic acid groups (broad SMARTS) is 1. The molecule has 0 spiro atoms. The molecule has 38 heteroatoms. The molecule has 128 heavy (non-hydrogen) atoms.